The summed E-state index contributed by atoms with van der Waals surface area (Å²) in [5, 5.41) is 37.1. The lowest BCUT2D eigenvalue weighted by Gasteiger charge is -2.33. The summed E-state index contributed by atoms with van der Waals surface area (Å²) < 4.78 is 26.9. The van der Waals surface area contributed by atoms with Gasteiger partial charge in [-0.3, -0.25) is 25.1 Å². The summed E-state index contributed by atoms with van der Waals surface area (Å²) in [6, 6.07) is 11.7. The van der Waals surface area contributed by atoms with Crippen molar-refractivity contribution in [2.45, 2.75) is 11.4 Å². The second-order valence-corrected chi connectivity index (χ2v) is 8.81. The van der Waals surface area contributed by atoms with E-state index in [1.165, 1.54) is 28.6 Å². The van der Waals surface area contributed by atoms with Crippen molar-refractivity contribution in [2.75, 3.05) is 26.2 Å². The van der Waals surface area contributed by atoms with Gasteiger partial charge in [-0.25, -0.2) is 18.0 Å². The lowest BCUT2D eigenvalue weighted by atomic mass is 10.1. The third kappa shape index (κ3) is 6.53. The van der Waals surface area contributed by atoms with Gasteiger partial charge < -0.3 is 10.2 Å². The molecule has 14 nitrogen and oxygen atoms in total. The highest BCUT2D eigenvalue weighted by Crippen LogP contribution is 2.27. The quantitative estimate of drug-likeness (QED) is 0.330. The molecule has 1 aliphatic rings. The van der Waals surface area contributed by atoms with Crippen molar-refractivity contribution in [2.24, 2.45) is 0 Å². The average Bonchev–Trinajstić information content (AvgIpc) is 2.80. The normalized spacial score (nSPS) is 14.5. The van der Waals surface area contributed by atoms with E-state index in [1.54, 1.807) is 18.2 Å². The third-order valence-corrected chi connectivity index (χ3v) is 6.72. The molecule has 0 atom stereocenters. The molecule has 1 aliphatic heterocycles. The van der Waals surface area contributed by atoms with Crippen LogP contribution in [0, 0.1) is 20.2 Å². The van der Waals surface area contributed by atoms with E-state index in [9.17, 15) is 28.6 Å². The van der Waals surface area contributed by atoms with Crippen LogP contribution in [-0.4, -0.2) is 75.8 Å². The SMILES string of the molecule is O=C(O)C(=O)O.O=[N+]([O-])c1ccccc1CN1CCN(S(=O)(=O)c2ccccc2[N+](=O)[O-])CC1. The number of aliphatic carboxylic acids is 2. The van der Waals surface area contributed by atoms with Crippen LogP contribution in [-0.2, 0) is 26.2 Å². The zero-order valence-electron chi connectivity index (χ0n) is 17.5. The van der Waals surface area contributed by atoms with Crippen molar-refractivity contribution in [3.63, 3.8) is 0 Å². The Morgan fingerprint density at radius 2 is 1.29 bits per heavy atom. The van der Waals surface area contributed by atoms with E-state index in [-0.39, 0.29) is 23.7 Å². The fourth-order valence-corrected chi connectivity index (χ4v) is 4.74. The maximum absolute atomic E-state index is 12.8. The van der Waals surface area contributed by atoms with Crippen LogP contribution in [0.25, 0.3) is 0 Å². The number of nitro benzene ring substituents is 2. The van der Waals surface area contributed by atoms with Crippen molar-refractivity contribution < 1.29 is 38.1 Å². The van der Waals surface area contributed by atoms with Crippen molar-refractivity contribution >= 4 is 33.3 Å². The summed E-state index contributed by atoms with van der Waals surface area (Å²) in [4.78, 5) is 40.9. The number of hydrogen-bond donors (Lipinski definition) is 2. The van der Waals surface area contributed by atoms with E-state index >= 15 is 0 Å². The first kappa shape index (κ1) is 26.3. The Bertz CT molecular complexity index is 1180. The number of carboxylic acids is 2. The van der Waals surface area contributed by atoms with Crippen molar-refractivity contribution in [1.82, 2.24) is 9.21 Å². The van der Waals surface area contributed by atoms with Gasteiger partial charge in [0.2, 0.25) is 10.0 Å². The molecule has 2 N–H and O–H groups in total. The summed E-state index contributed by atoms with van der Waals surface area (Å²) >= 11 is 0. The molecule has 0 bridgehead atoms. The first-order valence-corrected chi connectivity index (χ1v) is 11.0. The molecule has 1 heterocycles. The molecule has 0 radical (unpaired) electrons. The van der Waals surface area contributed by atoms with Crippen LogP contribution in [0.1, 0.15) is 5.56 Å². The highest BCUT2D eigenvalue weighted by atomic mass is 32.2. The minimum absolute atomic E-state index is 0.0254. The van der Waals surface area contributed by atoms with Crippen molar-refractivity contribution in [3.8, 4) is 0 Å². The maximum atomic E-state index is 12.8. The minimum atomic E-state index is -4.00. The lowest BCUT2D eigenvalue weighted by Crippen LogP contribution is -2.48. The van der Waals surface area contributed by atoms with Gasteiger partial charge in [-0.1, -0.05) is 30.3 Å². The maximum Gasteiger partial charge on any atom is 0.414 e. The second-order valence-electron chi connectivity index (χ2n) is 6.90. The molecule has 2 aromatic rings. The fraction of sp³-hybridized carbons (Fsp3) is 0.263. The number of para-hydroxylation sites is 2. The molecule has 1 fully saturated rings. The zero-order chi connectivity index (χ0) is 25.5. The first-order chi connectivity index (χ1) is 15.9. The lowest BCUT2D eigenvalue weighted by molar-refractivity contribution is -0.387. The number of benzene rings is 2. The standard InChI is InChI=1S/C17H18N4O6S.C2H2O4/c22-20(23)15-6-2-1-5-14(15)13-18-9-11-19(12-10-18)28(26,27)17-8-4-3-7-16(17)21(24)25;3-1(4)2(5)6/h1-8H,9-13H2;(H,3,4)(H,5,6). The Morgan fingerprint density at radius 3 is 1.79 bits per heavy atom. The van der Waals surface area contributed by atoms with Gasteiger partial charge in [0.25, 0.3) is 11.4 Å². The number of nitro groups is 2. The Morgan fingerprint density at radius 1 is 0.824 bits per heavy atom. The van der Waals surface area contributed by atoms with E-state index in [2.05, 4.69) is 0 Å². The summed E-state index contributed by atoms with van der Waals surface area (Å²) in [5.74, 6) is -3.65. The van der Waals surface area contributed by atoms with Gasteiger partial charge in [0.1, 0.15) is 0 Å². The van der Waals surface area contributed by atoms with E-state index in [4.69, 9.17) is 19.8 Å². The highest BCUT2D eigenvalue weighted by molar-refractivity contribution is 7.89. The molecular weight excluding hydrogens is 476 g/mol. The summed E-state index contributed by atoms with van der Waals surface area (Å²) in [6.07, 6.45) is 0. The number of hydrogen-bond acceptors (Lipinski definition) is 9. The smallest absolute Gasteiger partial charge is 0.414 e. The highest BCUT2D eigenvalue weighted by Gasteiger charge is 2.33. The number of rotatable bonds is 6. The van der Waals surface area contributed by atoms with Crippen LogP contribution in [0.5, 0.6) is 0 Å². The third-order valence-electron chi connectivity index (χ3n) is 4.78. The van der Waals surface area contributed by atoms with Gasteiger partial charge in [0, 0.05) is 50.4 Å². The number of nitrogens with zero attached hydrogens (tertiary/aromatic N) is 4. The van der Waals surface area contributed by atoms with Crippen LogP contribution in [0.4, 0.5) is 11.4 Å². The van der Waals surface area contributed by atoms with E-state index in [0.717, 1.165) is 6.07 Å². The molecule has 0 aliphatic carbocycles. The van der Waals surface area contributed by atoms with Gasteiger partial charge in [0.15, 0.2) is 4.90 Å². The molecule has 0 saturated carbocycles. The van der Waals surface area contributed by atoms with Gasteiger partial charge in [-0.15, -0.1) is 0 Å². The molecule has 1 saturated heterocycles. The average molecular weight is 496 g/mol. The number of carbonyl (C=O) groups is 2. The molecule has 0 amide bonds. The molecule has 0 unspecified atom stereocenters. The first-order valence-electron chi connectivity index (χ1n) is 9.59. The van der Waals surface area contributed by atoms with Crippen LogP contribution in [0.3, 0.4) is 0 Å². The summed E-state index contributed by atoms with van der Waals surface area (Å²) in [5.41, 5.74) is 0.129. The van der Waals surface area contributed by atoms with Crippen LogP contribution in [0.15, 0.2) is 53.4 Å². The summed E-state index contributed by atoms with van der Waals surface area (Å²) in [7, 11) is -4.00. The van der Waals surface area contributed by atoms with Crippen molar-refractivity contribution in [3.05, 3.63) is 74.3 Å². The molecule has 2 aromatic carbocycles. The molecule has 182 valence electrons. The molecule has 3 rings (SSSR count). The fourth-order valence-electron chi connectivity index (χ4n) is 3.16. The second kappa shape index (κ2) is 11.3. The van der Waals surface area contributed by atoms with Gasteiger partial charge in [0.05, 0.1) is 9.85 Å². The molecule has 15 heteroatoms. The topological polar surface area (TPSA) is 201 Å². The molecule has 34 heavy (non-hydrogen) atoms. The van der Waals surface area contributed by atoms with Crippen LogP contribution < -0.4 is 0 Å². The largest absolute Gasteiger partial charge is 0.473 e. The Kier molecular flexibility index (Phi) is 8.71. The Labute approximate surface area is 193 Å². The van der Waals surface area contributed by atoms with E-state index < -0.39 is 37.5 Å². The Hall–Kier alpha value is -3.95. The Balaban J connectivity index is 0.000000604. The number of carboxylic acid groups (broad SMARTS) is 2. The van der Waals surface area contributed by atoms with Gasteiger partial charge >= 0.3 is 11.9 Å². The zero-order valence-corrected chi connectivity index (χ0v) is 18.3. The number of sulfonamides is 1. The van der Waals surface area contributed by atoms with Crippen LogP contribution in [0.2, 0.25) is 0 Å². The number of piperazine rings is 1. The molecular formula is C19H20N4O10S. The summed E-state index contributed by atoms with van der Waals surface area (Å²) in [6.45, 7) is 1.36. The van der Waals surface area contributed by atoms with Crippen molar-refractivity contribution in [1.29, 1.82) is 0 Å². The van der Waals surface area contributed by atoms with Crippen LogP contribution >= 0.6 is 0 Å². The monoisotopic (exact) mass is 496 g/mol. The minimum Gasteiger partial charge on any atom is -0.473 e. The van der Waals surface area contributed by atoms with E-state index in [1.807, 2.05) is 4.90 Å². The molecule has 0 aromatic heterocycles. The molecule has 0 spiro atoms. The van der Waals surface area contributed by atoms with Gasteiger partial charge in [-0.2, -0.15) is 4.31 Å². The van der Waals surface area contributed by atoms with E-state index in [0.29, 0.717) is 25.2 Å². The van der Waals surface area contributed by atoms with Gasteiger partial charge in [-0.05, 0) is 6.07 Å². The predicted octanol–water partition coefficient (Wildman–Crippen LogP) is 1.17. The predicted molar refractivity (Wildman–Crippen MR) is 116 cm³/mol.